The third kappa shape index (κ3) is 1.99. The van der Waals surface area contributed by atoms with Gasteiger partial charge in [0.1, 0.15) is 11.5 Å². The summed E-state index contributed by atoms with van der Waals surface area (Å²) in [5, 5.41) is 0. The van der Waals surface area contributed by atoms with Crippen molar-refractivity contribution >= 4 is 11.8 Å². The molecule has 1 fully saturated rings. The van der Waals surface area contributed by atoms with Gasteiger partial charge in [0.05, 0.1) is 0 Å². The Bertz CT molecular complexity index is 559. The molecule has 1 aromatic carbocycles. The van der Waals surface area contributed by atoms with E-state index in [1.807, 2.05) is 18.2 Å². The maximum Gasteiger partial charge on any atom is 0.339 e. The first-order chi connectivity index (χ1) is 9.18. The van der Waals surface area contributed by atoms with Gasteiger partial charge in [-0.05, 0) is 18.9 Å². The third-order valence-electron chi connectivity index (χ3n) is 4.10. The highest BCUT2D eigenvalue weighted by Gasteiger charge is 2.39. The summed E-state index contributed by atoms with van der Waals surface area (Å²) in [6.07, 6.45) is 3.45. The first-order valence-corrected chi connectivity index (χ1v) is 6.71. The summed E-state index contributed by atoms with van der Waals surface area (Å²) in [6.45, 7) is 3.86. The van der Waals surface area contributed by atoms with Gasteiger partial charge in [-0.1, -0.05) is 31.2 Å². The molecule has 3 rings (SSSR count). The molecule has 1 aliphatic carbocycles. The van der Waals surface area contributed by atoms with Gasteiger partial charge in [0, 0.05) is 29.4 Å². The van der Waals surface area contributed by atoms with E-state index in [1.165, 1.54) is 0 Å². The third-order valence-corrected chi connectivity index (χ3v) is 4.10. The molecule has 19 heavy (non-hydrogen) atoms. The van der Waals surface area contributed by atoms with Crippen molar-refractivity contribution in [2.75, 3.05) is 0 Å². The van der Waals surface area contributed by atoms with Crippen LogP contribution < -0.4 is 4.74 Å². The van der Waals surface area contributed by atoms with Gasteiger partial charge in [-0.2, -0.15) is 0 Å². The molecule has 0 aromatic heterocycles. The van der Waals surface area contributed by atoms with Crippen molar-refractivity contribution in [3.63, 3.8) is 0 Å². The molecule has 0 N–H and O–H groups in total. The number of carbonyl (C=O) groups is 2. The Hall–Kier alpha value is -1.90. The highest BCUT2D eigenvalue weighted by Crippen LogP contribution is 2.44. The minimum atomic E-state index is -0.401. The summed E-state index contributed by atoms with van der Waals surface area (Å²) in [7, 11) is 0. The van der Waals surface area contributed by atoms with Crippen molar-refractivity contribution in [3.8, 4) is 5.75 Å². The molecule has 0 bridgehead atoms. The van der Waals surface area contributed by atoms with Crippen molar-refractivity contribution in [3.05, 3.63) is 42.0 Å². The first kappa shape index (κ1) is 12.2. The number of benzene rings is 1. The molecule has 2 aliphatic rings. The van der Waals surface area contributed by atoms with Crippen LogP contribution in [0.3, 0.4) is 0 Å². The Morgan fingerprint density at radius 2 is 1.95 bits per heavy atom. The van der Waals surface area contributed by atoms with Gasteiger partial charge in [0.2, 0.25) is 0 Å². The number of ether oxygens (including phenoxy) is 1. The normalized spacial score (nSPS) is 26.8. The van der Waals surface area contributed by atoms with Crippen LogP contribution in [0.25, 0.3) is 0 Å². The molecule has 0 radical (unpaired) electrons. The number of esters is 1. The zero-order chi connectivity index (χ0) is 13.4. The first-order valence-electron chi connectivity index (χ1n) is 6.71. The number of hydrogen-bond donors (Lipinski definition) is 0. The fourth-order valence-electron chi connectivity index (χ4n) is 3.13. The van der Waals surface area contributed by atoms with Crippen LogP contribution in [0.5, 0.6) is 5.75 Å². The average Bonchev–Trinajstić information content (AvgIpc) is 2.42. The molecular weight excluding hydrogens is 240 g/mol. The predicted molar refractivity (Wildman–Crippen MR) is 70.9 cm³/mol. The molecule has 0 unspecified atom stereocenters. The van der Waals surface area contributed by atoms with Gasteiger partial charge in [-0.3, -0.25) is 4.79 Å². The Labute approximate surface area is 112 Å². The van der Waals surface area contributed by atoms with Gasteiger partial charge in [-0.15, -0.1) is 0 Å². The smallest absolute Gasteiger partial charge is 0.339 e. The van der Waals surface area contributed by atoms with E-state index in [1.54, 1.807) is 6.07 Å². The Morgan fingerprint density at radius 1 is 1.16 bits per heavy atom. The monoisotopic (exact) mass is 256 g/mol. The maximum atomic E-state index is 12.2. The summed E-state index contributed by atoms with van der Waals surface area (Å²) >= 11 is 0. The molecule has 3 nitrogen and oxygen atoms in total. The zero-order valence-electron chi connectivity index (χ0n) is 10.7. The molecule has 3 heteroatoms. The molecule has 0 amide bonds. The summed E-state index contributed by atoms with van der Waals surface area (Å²) in [4.78, 5) is 24.0. The van der Waals surface area contributed by atoms with E-state index in [0.717, 1.165) is 24.8 Å². The number of para-hydroxylation sites is 1. The molecule has 1 aromatic rings. The highest BCUT2D eigenvalue weighted by molar-refractivity contribution is 5.96. The van der Waals surface area contributed by atoms with E-state index < -0.39 is 5.97 Å². The fourth-order valence-corrected chi connectivity index (χ4v) is 3.13. The SMILES string of the molecule is C=C1C(=O)Oc2ccccc2[C@H]1[C@@H]1CCCCC1=O. The Balaban J connectivity index is 2.05. The molecular formula is C16H16O3. The van der Waals surface area contributed by atoms with Gasteiger partial charge >= 0.3 is 5.97 Å². The van der Waals surface area contributed by atoms with E-state index in [-0.39, 0.29) is 17.6 Å². The van der Waals surface area contributed by atoms with Gasteiger partial charge < -0.3 is 4.74 Å². The van der Waals surface area contributed by atoms with E-state index in [4.69, 9.17) is 4.74 Å². The predicted octanol–water partition coefficient (Wildman–Crippen LogP) is 3.00. The van der Waals surface area contributed by atoms with Crippen LogP contribution >= 0.6 is 0 Å². The fraction of sp³-hybridized carbons (Fsp3) is 0.375. The lowest BCUT2D eigenvalue weighted by Gasteiger charge is -2.33. The average molecular weight is 256 g/mol. The molecule has 2 atom stereocenters. The summed E-state index contributed by atoms with van der Waals surface area (Å²) < 4.78 is 5.25. The largest absolute Gasteiger partial charge is 0.423 e. The van der Waals surface area contributed by atoms with Crippen LogP contribution in [0, 0.1) is 5.92 Å². The van der Waals surface area contributed by atoms with Crippen molar-refractivity contribution in [1.29, 1.82) is 0 Å². The standard InChI is InChI=1S/C16H16O3/c1-10-15(11-6-2-4-8-13(11)17)12-7-3-5-9-14(12)19-16(10)18/h3,5,7,9,11,15H,1-2,4,6,8H2/t11-,15-/m1/s1. The minimum absolute atomic E-state index is 0.116. The Morgan fingerprint density at radius 3 is 2.74 bits per heavy atom. The van der Waals surface area contributed by atoms with Crippen molar-refractivity contribution in [2.45, 2.75) is 31.6 Å². The van der Waals surface area contributed by atoms with E-state index in [2.05, 4.69) is 6.58 Å². The number of rotatable bonds is 1. The highest BCUT2D eigenvalue weighted by atomic mass is 16.5. The number of hydrogen-bond acceptors (Lipinski definition) is 3. The van der Waals surface area contributed by atoms with Crippen LogP contribution in [-0.2, 0) is 9.59 Å². The molecule has 0 spiro atoms. The van der Waals surface area contributed by atoms with Gasteiger partial charge in [0.15, 0.2) is 0 Å². The number of Topliss-reactive ketones (excluding diaryl/α,β-unsaturated/α-hetero) is 1. The summed E-state index contributed by atoms with van der Waals surface area (Å²) in [5.74, 6) is 0.104. The zero-order valence-corrected chi connectivity index (χ0v) is 10.7. The minimum Gasteiger partial charge on any atom is -0.423 e. The van der Waals surface area contributed by atoms with Crippen LogP contribution in [0.2, 0.25) is 0 Å². The number of fused-ring (bicyclic) bond motifs is 1. The maximum absolute atomic E-state index is 12.2. The van der Waals surface area contributed by atoms with Crippen LogP contribution in [0.4, 0.5) is 0 Å². The molecule has 1 aliphatic heterocycles. The molecule has 1 saturated carbocycles. The van der Waals surface area contributed by atoms with E-state index >= 15 is 0 Å². The van der Waals surface area contributed by atoms with E-state index in [0.29, 0.717) is 17.7 Å². The summed E-state index contributed by atoms with van der Waals surface area (Å²) in [6, 6.07) is 7.45. The van der Waals surface area contributed by atoms with Crippen LogP contribution in [0.1, 0.15) is 37.2 Å². The lowest BCUT2D eigenvalue weighted by Crippen LogP contribution is -2.33. The number of ketones is 1. The lowest BCUT2D eigenvalue weighted by atomic mass is 9.72. The summed E-state index contributed by atoms with van der Waals surface area (Å²) in [5.41, 5.74) is 1.34. The molecule has 0 saturated heterocycles. The second-order valence-electron chi connectivity index (χ2n) is 5.25. The van der Waals surface area contributed by atoms with Gasteiger partial charge in [0.25, 0.3) is 0 Å². The second-order valence-corrected chi connectivity index (χ2v) is 5.25. The van der Waals surface area contributed by atoms with Crippen LogP contribution in [0.15, 0.2) is 36.4 Å². The van der Waals surface area contributed by atoms with Crippen molar-refractivity contribution in [1.82, 2.24) is 0 Å². The molecule has 1 heterocycles. The van der Waals surface area contributed by atoms with Crippen LogP contribution in [-0.4, -0.2) is 11.8 Å². The van der Waals surface area contributed by atoms with Crippen molar-refractivity contribution in [2.24, 2.45) is 5.92 Å². The quantitative estimate of drug-likeness (QED) is 0.440. The topological polar surface area (TPSA) is 43.4 Å². The number of carbonyl (C=O) groups excluding carboxylic acids is 2. The second kappa shape index (κ2) is 4.65. The van der Waals surface area contributed by atoms with Crippen molar-refractivity contribution < 1.29 is 14.3 Å². The lowest BCUT2D eigenvalue weighted by molar-refractivity contribution is -0.132. The van der Waals surface area contributed by atoms with Gasteiger partial charge in [-0.25, -0.2) is 4.79 Å². The molecule has 98 valence electrons. The van der Waals surface area contributed by atoms with E-state index in [9.17, 15) is 9.59 Å². The Kier molecular flexibility index (Phi) is 2.97.